The lowest BCUT2D eigenvalue weighted by Gasteiger charge is -2.01. The van der Waals surface area contributed by atoms with Gasteiger partial charge in [-0.2, -0.15) is 15.4 Å². The molecular weight excluding hydrogens is 302 g/mol. The van der Waals surface area contributed by atoms with Gasteiger partial charge in [-0.05, 0) is 12.5 Å². The fourth-order valence-electron chi connectivity index (χ4n) is 2.05. The Morgan fingerprint density at radius 3 is 2.95 bits per heavy atom. The first-order valence-corrected chi connectivity index (χ1v) is 7.62. The first kappa shape index (κ1) is 14.3. The molecule has 0 aliphatic heterocycles. The number of hydrogen-bond acceptors (Lipinski definition) is 6. The van der Waals surface area contributed by atoms with E-state index in [-0.39, 0.29) is 5.91 Å². The van der Waals surface area contributed by atoms with Gasteiger partial charge in [-0.1, -0.05) is 6.92 Å². The molecule has 0 unspecified atom stereocenters. The third-order valence-electron chi connectivity index (χ3n) is 3.20. The zero-order chi connectivity index (χ0) is 15.5. The van der Waals surface area contributed by atoms with Gasteiger partial charge in [0.1, 0.15) is 11.4 Å². The summed E-state index contributed by atoms with van der Waals surface area (Å²) >= 11 is 1.36. The highest BCUT2D eigenvalue weighted by molar-refractivity contribution is 7.13. The molecule has 8 nitrogen and oxygen atoms in total. The normalized spacial score (nSPS) is 10.8. The molecule has 0 aliphatic rings. The van der Waals surface area contributed by atoms with Gasteiger partial charge in [0.15, 0.2) is 5.13 Å². The smallest absolute Gasteiger partial charge is 0.268 e. The quantitative estimate of drug-likeness (QED) is 0.565. The van der Waals surface area contributed by atoms with Crippen molar-refractivity contribution in [1.82, 2.24) is 30.7 Å². The molecule has 9 heteroatoms. The molecule has 22 heavy (non-hydrogen) atoms. The summed E-state index contributed by atoms with van der Waals surface area (Å²) in [4.78, 5) is 19.3. The van der Waals surface area contributed by atoms with Crippen LogP contribution < -0.4 is 11.1 Å². The van der Waals surface area contributed by atoms with Crippen molar-refractivity contribution < 1.29 is 4.79 Å². The maximum Gasteiger partial charge on any atom is 0.268 e. The summed E-state index contributed by atoms with van der Waals surface area (Å²) < 4.78 is 0. The number of amides is 1. The number of aryl methyl sites for hydroxylation is 1. The molecule has 0 radical (unpaired) electrons. The predicted octanol–water partition coefficient (Wildman–Crippen LogP) is 1.33. The maximum absolute atomic E-state index is 12.1. The van der Waals surface area contributed by atoms with Crippen molar-refractivity contribution >= 4 is 22.4 Å². The Morgan fingerprint density at radius 2 is 2.23 bits per heavy atom. The molecule has 0 atom stereocenters. The summed E-state index contributed by atoms with van der Waals surface area (Å²) in [6.07, 6.45) is 2.50. The van der Waals surface area contributed by atoms with Crippen LogP contribution in [0.1, 0.15) is 28.8 Å². The number of nitrogens with zero attached hydrogens (tertiary/aromatic N) is 3. The van der Waals surface area contributed by atoms with Crippen molar-refractivity contribution in [2.75, 3.05) is 5.73 Å². The minimum atomic E-state index is -0.209. The Labute approximate surface area is 130 Å². The number of rotatable bonds is 5. The van der Waals surface area contributed by atoms with Crippen LogP contribution in [-0.2, 0) is 13.0 Å². The number of aromatic amines is 2. The van der Waals surface area contributed by atoms with E-state index in [1.165, 1.54) is 11.3 Å². The fraction of sp³-hybridized carbons (Fsp3) is 0.231. The average Bonchev–Trinajstić information content (AvgIpc) is 3.24. The molecule has 114 valence electrons. The molecule has 0 bridgehead atoms. The Bertz CT molecular complexity index is 788. The van der Waals surface area contributed by atoms with Crippen LogP contribution in [0.15, 0.2) is 17.6 Å². The van der Waals surface area contributed by atoms with Crippen molar-refractivity contribution in [3.8, 4) is 11.3 Å². The highest BCUT2D eigenvalue weighted by Crippen LogP contribution is 2.23. The molecule has 3 aromatic heterocycles. The van der Waals surface area contributed by atoms with Crippen molar-refractivity contribution in [2.45, 2.75) is 19.9 Å². The van der Waals surface area contributed by atoms with Gasteiger partial charge in [-0.15, -0.1) is 11.3 Å². The topological polar surface area (TPSA) is 125 Å². The van der Waals surface area contributed by atoms with Gasteiger partial charge in [-0.3, -0.25) is 4.79 Å². The van der Waals surface area contributed by atoms with Gasteiger partial charge >= 0.3 is 0 Å². The number of anilines is 1. The van der Waals surface area contributed by atoms with Crippen LogP contribution in [-0.4, -0.2) is 31.3 Å². The lowest BCUT2D eigenvalue weighted by atomic mass is 10.2. The zero-order valence-corrected chi connectivity index (χ0v) is 12.7. The van der Waals surface area contributed by atoms with Crippen LogP contribution in [0.2, 0.25) is 0 Å². The van der Waals surface area contributed by atoms with Gasteiger partial charge in [0.2, 0.25) is 0 Å². The number of thiazole rings is 1. The molecule has 1 amide bonds. The van der Waals surface area contributed by atoms with Crippen molar-refractivity contribution in [1.29, 1.82) is 0 Å². The molecule has 0 saturated carbocycles. The van der Waals surface area contributed by atoms with E-state index in [2.05, 4.69) is 30.7 Å². The Balaban J connectivity index is 1.67. The van der Waals surface area contributed by atoms with E-state index >= 15 is 0 Å². The van der Waals surface area contributed by atoms with Gasteiger partial charge in [0.05, 0.1) is 17.9 Å². The third-order valence-corrected chi connectivity index (χ3v) is 3.87. The Morgan fingerprint density at radius 1 is 1.41 bits per heavy atom. The van der Waals surface area contributed by atoms with Crippen LogP contribution in [0.5, 0.6) is 0 Å². The number of hydrogen-bond donors (Lipinski definition) is 4. The summed E-state index contributed by atoms with van der Waals surface area (Å²) in [7, 11) is 0. The molecule has 0 aliphatic carbocycles. The van der Waals surface area contributed by atoms with Crippen LogP contribution in [0.4, 0.5) is 5.13 Å². The summed E-state index contributed by atoms with van der Waals surface area (Å²) in [5.41, 5.74) is 9.25. The Kier molecular flexibility index (Phi) is 3.88. The molecule has 3 rings (SSSR count). The molecule has 0 spiro atoms. The first-order chi connectivity index (χ1) is 10.7. The van der Waals surface area contributed by atoms with E-state index < -0.39 is 0 Å². The molecule has 5 N–H and O–H groups in total. The average molecular weight is 317 g/mol. The van der Waals surface area contributed by atoms with Gasteiger partial charge < -0.3 is 16.0 Å². The largest absolute Gasteiger partial charge is 0.375 e. The number of carbonyl (C=O) groups is 1. The van der Waals surface area contributed by atoms with Gasteiger partial charge in [0, 0.05) is 17.1 Å². The molecular formula is C13H15N7OS. The predicted molar refractivity (Wildman–Crippen MR) is 83.2 cm³/mol. The van der Waals surface area contributed by atoms with E-state index in [9.17, 15) is 4.79 Å². The minimum absolute atomic E-state index is 0.209. The highest BCUT2D eigenvalue weighted by Gasteiger charge is 2.13. The van der Waals surface area contributed by atoms with Crippen molar-refractivity contribution in [2.24, 2.45) is 0 Å². The SMILES string of the molecule is CCc1n[nH]nc1CNC(=O)c1cc(-c2csc(N)n2)c[nH]1. The minimum Gasteiger partial charge on any atom is -0.375 e. The Hall–Kier alpha value is -2.68. The zero-order valence-electron chi connectivity index (χ0n) is 11.9. The first-order valence-electron chi connectivity index (χ1n) is 6.74. The second-order valence-electron chi connectivity index (χ2n) is 4.63. The van der Waals surface area contributed by atoms with Crippen molar-refractivity contribution in [3.05, 3.63) is 34.7 Å². The number of nitrogen functional groups attached to an aromatic ring is 1. The second-order valence-corrected chi connectivity index (χ2v) is 5.52. The van der Waals surface area contributed by atoms with Crippen LogP contribution in [0.25, 0.3) is 11.3 Å². The van der Waals surface area contributed by atoms with Crippen LogP contribution in [0.3, 0.4) is 0 Å². The lowest BCUT2D eigenvalue weighted by molar-refractivity contribution is 0.0946. The fourth-order valence-corrected chi connectivity index (χ4v) is 2.62. The highest BCUT2D eigenvalue weighted by atomic mass is 32.1. The number of nitrogens with one attached hydrogen (secondary N) is 3. The summed E-state index contributed by atoms with van der Waals surface area (Å²) in [5, 5.41) is 15.8. The third kappa shape index (κ3) is 2.84. The van der Waals surface area contributed by atoms with Gasteiger partial charge in [0.25, 0.3) is 5.91 Å². The standard InChI is InChI=1S/C13H15N7OS/c1-2-8-10(19-20-18-8)5-16-12(21)9-3-7(4-15-9)11-6-22-13(14)17-11/h3-4,6,15H,2,5H2,1H3,(H2,14,17)(H,16,21)(H,18,19,20). The molecule has 0 fully saturated rings. The van der Waals surface area contributed by atoms with E-state index in [1.807, 2.05) is 12.3 Å². The monoisotopic (exact) mass is 317 g/mol. The summed E-state index contributed by atoms with van der Waals surface area (Å²) in [6.45, 7) is 2.32. The van der Waals surface area contributed by atoms with E-state index in [0.717, 1.165) is 29.1 Å². The van der Waals surface area contributed by atoms with E-state index in [4.69, 9.17) is 5.73 Å². The molecule has 3 aromatic rings. The number of carbonyl (C=O) groups excluding carboxylic acids is 1. The van der Waals surface area contributed by atoms with Crippen LogP contribution >= 0.6 is 11.3 Å². The molecule has 3 heterocycles. The number of H-pyrrole nitrogens is 2. The van der Waals surface area contributed by atoms with Crippen molar-refractivity contribution in [3.63, 3.8) is 0 Å². The number of aromatic nitrogens is 5. The van der Waals surface area contributed by atoms with E-state index in [0.29, 0.717) is 17.4 Å². The lowest BCUT2D eigenvalue weighted by Crippen LogP contribution is -2.23. The maximum atomic E-state index is 12.1. The molecule has 0 aromatic carbocycles. The van der Waals surface area contributed by atoms with Gasteiger partial charge in [-0.25, -0.2) is 4.98 Å². The number of nitrogens with two attached hydrogens (primary N) is 1. The summed E-state index contributed by atoms with van der Waals surface area (Å²) in [6, 6.07) is 1.74. The molecule has 0 saturated heterocycles. The second kappa shape index (κ2) is 5.98. The van der Waals surface area contributed by atoms with Crippen LogP contribution in [0, 0.1) is 0 Å². The van der Waals surface area contributed by atoms with E-state index in [1.54, 1.807) is 12.3 Å². The summed E-state index contributed by atoms with van der Waals surface area (Å²) in [5.74, 6) is -0.209.